The van der Waals surface area contributed by atoms with Crippen molar-refractivity contribution in [3.63, 3.8) is 0 Å². The van der Waals surface area contributed by atoms with E-state index in [1.54, 1.807) is 0 Å². The standard InChI is InChI=1S/C25H40N6O/c1-2-26-25(28-18-20-11-13-27-23(17-20)30-14-7-4-8-15-30)29-22-12-16-31(19-22)24(32)21-9-5-3-6-10-21/h11,13,17,21-22H,2-10,12,14-16,18-19H2,1H3,(H2,26,28,29). The molecule has 0 radical (unpaired) electrons. The van der Waals surface area contributed by atoms with Gasteiger partial charge in [0.05, 0.1) is 6.54 Å². The number of anilines is 1. The van der Waals surface area contributed by atoms with Crippen molar-refractivity contribution in [1.29, 1.82) is 0 Å². The monoisotopic (exact) mass is 440 g/mol. The van der Waals surface area contributed by atoms with Crippen LogP contribution < -0.4 is 15.5 Å². The number of hydrogen-bond acceptors (Lipinski definition) is 4. The van der Waals surface area contributed by atoms with Crippen molar-refractivity contribution in [3.8, 4) is 0 Å². The highest BCUT2D eigenvalue weighted by Crippen LogP contribution is 2.27. The van der Waals surface area contributed by atoms with Gasteiger partial charge >= 0.3 is 0 Å². The molecule has 7 heteroatoms. The first kappa shape index (κ1) is 22.9. The molecule has 32 heavy (non-hydrogen) atoms. The Kier molecular flexibility index (Phi) is 8.24. The van der Waals surface area contributed by atoms with Gasteiger partial charge in [0.25, 0.3) is 0 Å². The molecule has 1 aromatic rings. The average Bonchev–Trinajstić information content (AvgIpc) is 3.32. The number of amides is 1. The normalized spacial score (nSPS) is 22.8. The predicted octanol–water partition coefficient (Wildman–Crippen LogP) is 3.31. The molecule has 176 valence electrons. The summed E-state index contributed by atoms with van der Waals surface area (Å²) in [4.78, 5) is 26.8. The Morgan fingerprint density at radius 1 is 1.09 bits per heavy atom. The minimum Gasteiger partial charge on any atom is -0.357 e. The zero-order chi connectivity index (χ0) is 22.2. The lowest BCUT2D eigenvalue weighted by Crippen LogP contribution is -2.45. The zero-order valence-electron chi connectivity index (χ0n) is 19.7. The maximum atomic E-state index is 12.9. The van der Waals surface area contributed by atoms with Gasteiger partial charge in [-0.15, -0.1) is 0 Å². The topological polar surface area (TPSA) is 72.9 Å². The van der Waals surface area contributed by atoms with Crippen LogP contribution in [0.2, 0.25) is 0 Å². The molecule has 1 amide bonds. The van der Waals surface area contributed by atoms with Crippen molar-refractivity contribution in [2.45, 2.75) is 77.3 Å². The lowest BCUT2D eigenvalue weighted by Gasteiger charge is -2.27. The van der Waals surface area contributed by atoms with E-state index in [4.69, 9.17) is 4.99 Å². The van der Waals surface area contributed by atoms with Crippen LogP contribution in [-0.4, -0.2) is 60.5 Å². The number of rotatable bonds is 6. The number of aromatic nitrogens is 1. The number of nitrogens with zero attached hydrogens (tertiary/aromatic N) is 4. The van der Waals surface area contributed by atoms with Crippen molar-refractivity contribution in [2.24, 2.45) is 10.9 Å². The van der Waals surface area contributed by atoms with E-state index in [1.807, 2.05) is 6.20 Å². The zero-order valence-corrected chi connectivity index (χ0v) is 19.7. The summed E-state index contributed by atoms with van der Waals surface area (Å²) in [6.45, 7) is 7.37. The maximum absolute atomic E-state index is 12.9. The van der Waals surface area contributed by atoms with E-state index < -0.39 is 0 Å². The highest BCUT2D eigenvalue weighted by Gasteiger charge is 2.31. The summed E-state index contributed by atoms with van der Waals surface area (Å²) in [6.07, 6.45) is 12.6. The summed E-state index contributed by atoms with van der Waals surface area (Å²) in [5, 5.41) is 6.95. The van der Waals surface area contributed by atoms with Gasteiger partial charge in [0, 0.05) is 50.9 Å². The first-order valence-electron chi connectivity index (χ1n) is 12.8. The van der Waals surface area contributed by atoms with Crippen LogP contribution in [0.25, 0.3) is 0 Å². The van der Waals surface area contributed by atoms with Crippen LogP contribution in [0.3, 0.4) is 0 Å². The van der Waals surface area contributed by atoms with Crippen LogP contribution in [0, 0.1) is 5.92 Å². The van der Waals surface area contributed by atoms with Gasteiger partial charge in [-0.3, -0.25) is 4.79 Å². The van der Waals surface area contributed by atoms with Crippen LogP contribution in [-0.2, 0) is 11.3 Å². The van der Waals surface area contributed by atoms with Gasteiger partial charge in [-0.05, 0) is 63.1 Å². The maximum Gasteiger partial charge on any atom is 0.225 e. The number of pyridine rings is 1. The lowest BCUT2D eigenvalue weighted by molar-refractivity contribution is -0.135. The minimum absolute atomic E-state index is 0.255. The largest absolute Gasteiger partial charge is 0.357 e. The highest BCUT2D eigenvalue weighted by atomic mass is 16.2. The van der Waals surface area contributed by atoms with E-state index >= 15 is 0 Å². The molecule has 4 rings (SSSR count). The first-order chi connectivity index (χ1) is 15.7. The SMILES string of the molecule is CCNC(=NCc1ccnc(N2CCCCC2)c1)NC1CCN(C(=O)C2CCCCC2)C1. The Morgan fingerprint density at radius 3 is 2.66 bits per heavy atom. The van der Waals surface area contributed by atoms with E-state index in [0.29, 0.717) is 12.5 Å². The van der Waals surface area contributed by atoms with E-state index in [9.17, 15) is 4.79 Å². The van der Waals surface area contributed by atoms with Crippen molar-refractivity contribution in [1.82, 2.24) is 20.5 Å². The summed E-state index contributed by atoms with van der Waals surface area (Å²) < 4.78 is 0. The Hall–Kier alpha value is -2.31. The summed E-state index contributed by atoms with van der Waals surface area (Å²) in [7, 11) is 0. The summed E-state index contributed by atoms with van der Waals surface area (Å²) in [5.41, 5.74) is 1.18. The van der Waals surface area contributed by atoms with Gasteiger partial charge < -0.3 is 20.4 Å². The Bertz CT molecular complexity index is 769. The van der Waals surface area contributed by atoms with Gasteiger partial charge in [0.2, 0.25) is 5.91 Å². The molecule has 1 unspecified atom stereocenters. The van der Waals surface area contributed by atoms with Crippen LogP contribution in [0.15, 0.2) is 23.3 Å². The fourth-order valence-electron chi connectivity index (χ4n) is 5.22. The molecule has 1 atom stereocenters. The molecule has 7 nitrogen and oxygen atoms in total. The van der Waals surface area contributed by atoms with Crippen molar-refractivity contribution in [2.75, 3.05) is 37.6 Å². The fourth-order valence-corrected chi connectivity index (χ4v) is 5.22. The Morgan fingerprint density at radius 2 is 1.88 bits per heavy atom. The molecule has 1 aliphatic carbocycles. The molecule has 1 saturated carbocycles. The molecule has 2 aliphatic heterocycles. The second kappa shape index (κ2) is 11.5. The van der Waals surface area contributed by atoms with E-state index in [-0.39, 0.29) is 12.0 Å². The molecule has 3 fully saturated rings. The van der Waals surface area contributed by atoms with Crippen LogP contribution >= 0.6 is 0 Å². The third kappa shape index (κ3) is 6.14. The second-order valence-electron chi connectivity index (χ2n) is 9.51. The van der Waals surface area contributed by atoms with Crippen molar-refractivity contribution >= 4 is 17.7 Å². The van der Waals surface area contributed by atoms with E-state index in [0.717, 1.165) is 63.8 Å². The molecular weight excluding hydrogens is 400 g/mol. The summed E-state index contributed by atoms with van der Waals surface area (Å²) in [5.74, 6) is 2.53. The first-order valence-corrected chi connectivity index (χ1v) is 12.8. The van der Waals surface area contributed by atoms with Gasteiger partial charge in [0.1, 0.15) is 5.82 Å². The third-order valence-corrected chi connectivity index (χ3v) is 7.05. The Labute approximate surface area is 193 Å². The number of guanidine groups is 1. The van der Waals surface area contributed by atoms with Gasteiger partial charge in [-0.2, -0.15) is 0 Å². The lowest BCUT2D eigenvalue weighted by atomic mass is 9.88. The van der Waals surface area contributed by atoms with Gasteiger partial charge in [-0.25, -0.2) is 9.98 Å². The third-order valence-electron chi connectivity index (χ3n) is 7.05. The second-order valence-corrected chi connectivity index (χ2v) is 9.51. The van der Waals surface area contributed by atoms with Crippen molar-refractivity contribution in [3.05, 3.63) is 23.9 Å². The number of nitrogens with one attached hydrogen (secondary N) is 2. The van der Waals surface area contributed by atoms with Gasteiger partial charge in [-0.1, -0.05) is 19.3 Å². The van der Waals surface area contributed by atoms with Crippen LogP contribution in [0.5, 0.6) is 0 Å². The van der Waals surface area contributed by atoms with E-state index in [2.05, 4.69) is 44.5 Å². The van der Waals surface area contributed by atoms with E-state index in [1.165, 1.54) is 44.1 Å². The number of likely N-dealkylation sites (tertiary alicyclic amines) is 1. The molecule has 0 spiro atoms. The molecule has 0 bridgehead atoms. The molecular formula is C25H40N6O. The predicted molar refractivity (Wildman–Crippen MR) is 130 cm³/mol. The molecule has 2 N–H and O–H groups in total. The fraction of sp³-hybridized carbons (Fsp3) is 0.720. The molecule has 1 aromatic heterocycles. The highest BCUT2D eigenvalue weighted by molar-refractivity contribution is 5.81. The van der Waals surface area contributed by atoms with Crippen molar-refractivity contribution < 1.29 is 4.79 Å². The molecule has 3 heterocycles. The van der Waals surface area contributed by atoms with Crippen LogP contribution in [0.1, 0.15) is 70.3 Å². The smallest absolute Gasteiger partial charge is 0.225 e. The molecule has 2 saturated heterocycles. The Balaban J connectivity index is 1.32. The number of carbonyl (C=O) groups is 1. The molecule has 0 aromatic carbocycles. The summed E-state index contributed by atoms with van der Waals surface area (Å²) in [6, 6.07) is 4.50. The van der Waals surface area contributed by atoms with Gasteiger partial charge in [0.15, 0.2) is 5.96 Å². The number of carbonyl (C=O) groups excluding carboxylic acids is 1. The number of hydrogen-bond donors (Lipinski definition) is 2. The molecule has 3 aliphatic rings. The average molecular weight is 441 g/mol. The van der Waals surface area contributed by atoms with Crippen LogP contribution in [0.4, 0.5) is 5.82 Å². The summed E-state index contributed by atoms with van der Waals surface area (Å²) >= 11 is 0. The number of piperidine rings is 1. The number of aliphatic imine (C=N–C) groups is 1. The minimum atomic E-state index is 0.255. The quantitative estimate of drug-likeness (QED) is 0.525.